The maximum atomic E-state index is 10.6. The van der Waals surface area contributed by atoms with Crippen molar-refractivity contribution in [2.24, 2.45) is 10.8 Å². The first-order valence-corrected chi connectivity index (χ1v) is 5.44. The van der Waals surface area contributed by atoms with E-state index in [4.69, 9.17) is 10.2 Å². The van der Waals surface area contributed by atoms with Crippen molar-refractivity contribution in [3.05, 3.63) is 24.3 Å². The second kappa shape index (κ2) is 7.03. The largest absolute Gasteiger partial charge is 0.478 e. The van der Waals surface area contributed by atoms with E-state index in [1.807, 2.05) is 0 Å². The minimum absolute atomic E-state index is 0.571. The molecule has 0 heterocycles. The van der Waals surface area contributed by atoms with E-state index >= 15 is 0 Å². The van der Waals surface area contributed by atoms with Gasteiger partial charge in [-0.15, -0.1) is 0 Å². The van der Waals surface area contributed by atoms with Crippen LogP contribution in [-0.2, 0) is 9.59 Å². The SMILES string of the molecule is CC(CO)(CO)C(C=CC(=O)O)(C=CC(=O)O)CO. The molecular weight excluding hydrogens is 256 g/mol. The Labute approximate surface area is 110 Å². The number of aliphatic carboxylic acids is 2. The van der Waals surface area contributed by atoms with E-state index in [1.165, 1.54) is 6.92 Å². The summed E-state index contributed by atoms with van der Waals surface area (Å²) in [6.07, 6.45) is 3.57. The molecular formula is C12H18O7. The van der Waals surface area contributed by atoms with Crippen LogP contribution in [0, 0.1) is 10.8 Å². The summed E-state index contributed by atoms with van der Waals surface area (Å²) in [5.74, 6) is -2.58. The van der Waals surface area contributed by atoms with Gasteiger partial charge in [0, 0.05) is 23.0 Å². The molecule has 0 amide bonds. The van der Waals surface area contributed by atoms with E-state index in [1.54, 1.807) is 0 Å². The van der Waals surface area contributed by atoms with E-state index in [9.17, 15) is 24.9 Å². The molecule has 0 saturated carbocycles. The topological polar surface area (TPSA) is 135 Å². The molecule has 0 fully saturated rings. The van der Waals surface area contributed by atoms with E-state index in [0.29, 0.717) is 0 Å². The minimum atomic E-state index is -1.51. The van der Waals surface area contributed by atoms with Crippen molar-refractivity contribution < 1.29 is 35.1 Å². The number of carboxylic acids is 2. The molecule has 19 heavy (non-hydrogen) atoms. The number of aliphatic hydroxyl groups is 3. The number of carboxylic acid groups (broad SMARTS) is 2. The molecule has 0 aliphatic rings. The van der Waals surface area contributed by atoms with Gasteiger partial charge in [-0.3, -0.25) is 0 Å². The molecule has 0 aromatic rings. The van der Waals surface area contributed by atoms with Crippen LogP contribution in [0.5, 0.6) is 0 Å². The van der Waals surface area contributed by atoms with E-state index < -0.39 is 42.6 Å². The molecule has 0 aliphatic heterocycles. The van der Waals surface area contributed by atoms with Gasteiger partial charge in [-0.25, -0.2) is 9.59 Å². The zero-order valence-electron chi connectivity index (χ0n) is 10.5. The Morgan fingerprint density at radius 3 is 1.47 bits per heavy atom. The monoisotopic (exact) mass is 274 g/mol. The van der Waals surface area contributed by atoms with Crippen LogP contribution in [0.25, 0.3) is 0 Å². The zero-order valence-corrected chi connectivity index (χ0v) is 10.5. The van der Waals surface area contributed by atoms with Gasteiger partial charge in [-0.05, 0) is 0 Å². The van der Waals surface area contributed by atoms with E-state index in [-0.39, 0.29) is 0 Å². The van der Waals surface area contributed by atoms with Gasteiger partial charge >= 0.3 is 11.9 Å². The summed E-state index contributed by atoms with van der Waals surface area (Å²) in [6.45, 7) is -0.407. The molecule has 0 rings (SSSR count). The lowest BCUT2D eigenvalue weighted by Crippen LogP contribution is -2.45. The first-order chi connectivity index (χ1) is 8.76. The number of hydrogen-bond donors (Lipinski definition) is 5. The van der Waals surface area contributed by atoms with Crippen molar-refractivity contribution in [3.63, 3.8) is 0 Å². The molecule has 0 aromatic carbocycles. The molecule has 0 saturated heterocycles. The van der Waals surface area contributed by atoms with E-state index in [0.717, 1.165) is 24.3 Å². The lowest BCUT2D eigenvalue weighted by Gasteiger charge is -2.41. The van der Waals surface area contributed by atoms with Gasteiger partial charge in [-0.1, -0.05) is 19.1 Å². The summed E-state index contributed by atoms with van der Waals surface area (Å²) in [5, 5.41) is 45.4. The summed E-state index contributed by atoms with van der Waals surface area (Å²) >= 11 is 0. The van der Waals surface area contributed by atoms with Crippen LogP contribution < -0.4 is 0 Å². The molecule has 108 valence electrons. The second-order valence-corrected chi connectivity index (χ2v) is 4.42. The van der Waals surface area contributed by atoms with Crippen molar-refractivity contribution in [1.29, 1.82) is 0 Å². The summed E-state index contributed by atoms with van der Waals surface area (Å²) < 4.78 is 0. The van der Waals surface area contributed by atoms with Gasteiger partial charge in [0.1, 0.15) is 0 Å². The predicted molar refractivity (Wildman–Crippen MR) is 65.3 cm³/mol. The molecule has 0 unspecified atom stereocenters. The molecule has 0 atom stereocenters. The molecule has 0 bridgehead atoms. The Bertz CT molecular complexity index is 356. The van der Waals surface area contributed by atoms with Crippen LogP contribution in [-0.4, -0.2) is 57.3 Å². The predicted octanol–water partition coefficient (Wildman–Crippen LogP) is -0.762. The Morgan fingerprint density at radius 1 is 0.895 bits per heavy atom. The lowest BCUT2D eigenvalue weighted by molar-refractivity contribution is -0.132. The highest BCUT2D eigenvalue weighted by molar-refractivity contribution is 5.81. The summed E-state index contributed by atoms with van der Waals surface area (Å²) in [6, 6.07) is 0. The summed E-state index contributed by atoms with van der Waals surface area (Å²) in [7, 11) is 0. The highest BCUT2D eigenvalue weighted by Gasteiger charge is 2.44. The van der Waals surface area contributed by atoms with Gasteiger partial charge < -0.3 is 25.5 Å². The highest BCUT2D eigenvalue weighted by Crippen LogP contribution is 2.41. The quantitative estimate of drug-likeness (QED) is 0.367. The Morgan fingerprint density at radius 2 is 1.26 bits per heavy atom. The van der Waals surface area contributed by atoms with Crippen LogP contribution in [0.15, 0.2) is 24.3 Å². The molecule has 7 nitrogen and oxygen atoms in total. The molecule has 0 spiro atoms. The van der Waals surface area contributed by atoms with Crippen molar-refractivity contribution in [3.8, 4) is 0 Å². The third kappa shape index (κ3) is 4.16. The average Bonchev–Trinajstić information content (AvgIpc) is 2.38. The van der Waals surface area contributed by atoms with Crippen molar-refractivity contribution >= 4 is 11.9 Å². The highest BCUT2D eigenvalue weighted by atomic mass is 16.4. The Balaban J connectivity index is 5.78. The minimum Gasteiger partial charge on any atom is -0.478 e. The van der Waals surface area contributed by atoms with Gasteiger partial charge in [0.05, 0.1) is 19.8 Å². The van der Waals surface area contributed by atoms with Crippen molar-refractivity contribution in [2.75, 3.05) is 19.8 Å². The first-order valence-electron chi connectivity index (χ1n) is 5.44. The molecule has 0 aromatic heterocycles. The van der Waals surface area contributed by atoms with Crippen LogP contribution in [0.2, 0.25) is 0 Å². The Kier molecular flexibility index (Phi) is 6.40. The molecule has 0 radical (unpaired) electrons. The summed E-state index contributed by atoms with van der Waals surface area (Å²) in [4.78, 5) is 21.1. The van der Waals surface area contributed by atoms with Crippen LogP contribution in [0.1, 0.15) is 6.92 Å². The van der Waals surface area contributed by atoms with Crippen LogP contribution in [0.3, 0.4) is 0 Å². The van der Waals surface area contributed by atoms with Gasteiger partial charge in [-0.2, -0.15) is 0 Å². The number of rotatable bonds is 8. The number of aliphatic hydroxyl groups excluding tert-OH is 3. The second-order valence-electron chi connectivity index (χ2n) is 4.42. The van der Waals surface area contributed by atoms with Crippen molar-refractivity contribution in [2.45, 2.75) is 6.92 Å². The fourth-order valence-corrected chi connectivity index (χ4v) is 1.54. The maximum absolute atomic E-state index is 10.6. The normalized spacial score (nSPS) is 15.8. The van der Waals surface area contributed by atoms with Gasteiger partial charge in [0.25, 0.3) is 0 Å². The molecule has 5 N–H and O–H groups in total. The number of hydrogen-bond acceptors (Lipinski definition) is 5. The summed E-state index contributed by atoms with van der Waals surface area (Å²) in [5.41, 5.74) is -2.83. The average molecular weight is 274 g/mol. The standard InChI is InChI=1S/C12H18O7/c1-11(6-13,7-14)12(8-15,4-2-9(16)17)5-3-10(18)19/h2-5,13-15H,6-8H2,1H3,(H,16,17)(H,18,19). The molecule has 0 aliphatic carbocycles. The third-order valence-corrected chi connectivity index (χ3v) is 3.13. The zero-order chi connectivity index (χ0) is 15.1. The number of carbonyl (C=O) groups is 2. The van der Waals surface area contributed by atoms with Crippen LogP contribution in [0.4, 0.5) is 0 Å². The first kappa shape index (κ1) is 17.3. The van der Waals surface area contributed by atoms with Crippen molar-refractivity contribution in [1.82, 2.24) is 0 Å². The maximum Gasteiger partial charge on any atom is 0.328 e. The molecule has 7 heteroatoms. The van der Waals surface area contributed by atoms with E-state index in [2.05, 4.69) is 0 Å². The smallest absolute Gasteiger partial charge is 0.328 e. The van der Waals surface area contributed by atoms with Gasteiger partial charge in [0.15, 0.2) is 0 Å². The van der Waals surface area contributed by atoms with Gasteiger partial charge in [0.2, 0.25) is 0 Å². The fourth-order valence-electron chi connectivity index (χ4n) is 1.54. The fraction of sp³-hybridized carbons (Fsp3) is 0.500. The third-order valence-electron chi connectivity index (χ3n) is 3.13. The van der Waals surface area contributed by atoms with Crippen LogP contribution >= 0.6 is 0 Å². The Hall–Kier alpha value is -1.70. The lowest BCUT2D eigenvalue weighted by atomic mass is 9.65.